The molecule has 0 fully saturated rings. The zero-order valence-corrected chi connectivity index (χ0v) is 10.3. The van der Waals surface area contributed by atoms with Gasteiger partial charge in [0.05, 0.1) is 4.34 Å². The van der Waals surface area contributed by atoms with E-state index in [4.69, 9.17) is 15.8 Å². The van der Waals surface area contributed by atoms with Gasteiger partial charge in [0.2, 0.25) is 0 Å². The van der Waals surface area contributed by atoms with Crippen molar-refractivity contribution in [2.75, 3.05) is 0 Å². The van der Waals surface area contributed by atoms with Crippen molar-refractivity contribution in [2.24, 2.45) is 0 Å². The van der Waals surface area contributed by atoms with Crippen molar-refractivity contribution in [1.29, 1.82) is 0 Å². The predicted octanol–water partition coefficient (Wildman–Crippen LogP) is 3.17. The van der Waals surface area contributed by atoms with Gasteiger partial charge in [-0.3, -0.25) is 0 Å². The monoisotopic (exact) mass is 274 g/mol. The number of hydrogen-bond donors (Lipinski definition) is 0. The number of halogens is 1. The second-order valence-electron chi connectivity index (χ2n) is 2.91. The number of rotatable bonds is 3. The van der Waals surface area contributed by atoms with Crippen molar-refractivity contribution in [3.8, 4) is 5.75 Å². The second-order valence-corrected chi connectivity index (χ2v) is 6.40. The first-order valence-corrected chi connectivity index (χ1v) is 6.93. The summed E-state index contributed by atoms with van der Waals surface area (Å²) >= 11 is 6.63. The molecule has 6 heteroatoms. The van der Waals surface area contributed by atoms with Crippen LogP contribution in [0.2, 0.25) is 4.34 Å². The first-order chi connectivity index (χ1) is 7.58. The van der Waals surface area contributed by atoms with E-state index in [9.17, 15) is 8.42 Å². The molecule has 3 nitrogen and oxygen atoms in total. The molecule has 1 aromatic heterocycles. The maximum atomic E-state index is 11.7. The van der Waals surface area contributed by atoms with E-state index in [2.05, 4.69) is 0 Å². The van der Waals surface area contributed by atoms with E-state index in [1.165, 1.54) is 12.1 Å². The molecule has 0 N–H and O–H groups in total. The van der Waals surface area contributed by atoms with Gasteiger partial charge in [-0.05, 0) is 24.3 Å². The van der Waals surface area contributed by atoms with E-state index in [0.29, 0.717) is 4.34 Å². The number of benzene rings is 1. The number of hydrogen-bond acceptors (Lipinski definition) is 4. The minimum Gasteiger partial charge on any atom is -0.378 e. The van der Waals surface area contributed by atoms with Gasteiger partial charge in [0, 0.05) is 0 Å². The Morgan fingerprint density at radius 3 is 2.31 bits per heavy atom. The van der Waals surface area contributed by atoms with Crippen molar-refractivity contribution in [3.63, 3.8) is 0 Å². The van der Waals surface area contributed by atoms with Crippen molar-refractivity contribution in [2.45, 2.75) is 4.21 Å². The zero-order chi connectivity index (χ0) is 11.6. The van der Waals surface area contributed by atoms with Crippen LogP contribution in [0.1, 0.15) is 0 Å². The second kappa shape index (κ2) is 4.45. The van der Waals surface area contributed by atoms with Gasteiger partial charge in [0.1, 0.15) is 5.75 Å². The largest absolute Gasteiger partial charge is 0.378 e. The summed E-state index contributed by atoms with van der Waals surface area (Å²) in [6.45, 7) is 0. The molecule has 0 aliphatic heterocycles. The molecular formula is C10H7ClO3S2. The van der Waals surface area contributed by atoms with Crippen LogP contribution in [-0.4, -0.2) is 8.42 Å². The Morgan fingerprint density at radius 2 is 1.75 bits per heavy atom. The molecule has 16 heavy (non-hydrogen) atoms. The van der Waals surface area contributed by atoms with Gasteiger partial charge in [0.15, 0.2) is 4.21 Å². The van der Waals surface area contributed by atoms with Crippen LogP contribution in [0.25, 0.3) is 0 Å². The van der Waals surface area contributed by atoms with Gasteiger partial charge < -0.3 is 4.18 Å². The SMILES string of the molecule is O=S(=O)(Oc1ccccc1)c1ccc(Cl)s1. The molecule has 0 radical (unpaired) electrons. The van der Waals surface area contributed by atoms with Gasteiger partial charge in [-0.2, -0.15) is 8.42 Å². The smallest absolute Gasteiger partial charge is 0.348 e. The first kappa shape index (κ1) is 11.4. The lowest BCUT2D eigenvalue weighted by molar-refractivity contribution is 0.488. The molecule has 84 valence electrons. The highest BCUT2D eigenvalue weighted by atomic mass is 35.5. The average molecular weight is 275 g/mol. The van der Waals surface area contributed by atoms with Crippen LogP contribution in [0.4, 0.5) is 0 Å². The van der Waals surface area contributed by atoms with Gasteiger partial charge >= 0.3 is 10.1 Å². The highest BCUT2D eigenvalue weighted by Gasteiger charge is 2.18. The van der Waals surface area contributed by atoms with E-state index in [1.807, 2.05) is 0 Å². The molecule has 0 saturated heterocycles. The molecule has 0 bridgehead atoms. The van der Waals surface area contributed by atoms with Crippen LogP contribution in [0.15, 0.2) is 46.7 Å². The van der Waals surface area contributed by atoms with Crippen LogP contribution in [-0.2, 0) is 10.1 Å². The molecule has 0 unspecified atom stereocenters. The lowest BCUT2D eigenvalue weighted by Gasteiger charge is -2.03. The Kier molecular flexibility index (Phi) is 3.18. The first-order valence-electron chi connectivity index (χ1n) is 4.33. The Morgan fingerprint density at radius 1 is 1.06 bits per heavy atom. The lowest BCUT2D eigenvalue weighted by Crippen LogP contribution is -2.07. The highest BCUT2D eigenvalue weighted by molar-refractivity contribution is 7.89. The zero-order valence-electron chi connectivity index (χ0n) is 7.96. The molecule has 0 aliphatic carbocycles. The van der Waals surface area contributed by atoms with Gasteiger partial charge in [-0.15, -0.1) is 11.3 Å². The van der Waals surface area contributed by atoms with Crippen molar-refractivity contribution in [1.82, 2.24) is 0 Å². The molecular weight excluding hydrogens is 268 g/mol. The summed E-state index contributed by atoms with van der Waals surface area (Å²) in [5, 5.41) is 0. The lowest BCUT2D eigenvalue weighted by atomic mass is 10.3. The number of para-hydroxylation sites is 1. The van der Waals surface area contributed by atoms with Crippen LogP contribution in [0.5, 0.6) is 5.75 Å². The van der Waals surface area contributed by atoms with Crippen LogP contribution < -0.4 is 4.18 Å². The fourth-order valence-electron chi connectivity index (χ4n) is 1.08. The Bertz CT molecular complexity index is 575. The van der Waals surface area contributed by atoms with E-state index < -0.39 is 10.1 Å². The van der Waals surface area contributed by atoms with Gasteiger partial charge in [-0.1, -0.05) is 29.8 Å². The van der Waals surface area contributed by atoms with Gasteiger partial charge in [0.25, 0.3) is 0 Å². The molecule has 2 rings (SSSR count). The molecule has 0 amide bonds. The fourth-order valence-corrected chi connectivity index (χ4v) is 3.45. The predicted molar refractivity (Wildman–Crippen MR) is 63.6 cm³/mol. The average Bonchev–Trinajstić information content (AvgIpc) is 2.66. The third-order valence-electron chi connectivity index (χ3n) is 1.74. The van der Waals surface area contributed by atoms with Crippen LogP contribution >= 0.6 is 22.9 Å². The van der Waals surface area contributed by atoms with Crippen molar-refractivity contribution < 1.29 is 12.6 Å². The molecule has 2 aromatic rings. The van der Waals surface area contributed by atoms with E-state index >= 15 is 0 Å². The molecule has 0 atom stereocenters. The third-order valence-corrected chi connectivity index (χ3v) is 4.67. The van der Waals surface area contributed by atoms with E-state index in [1.54, 1.807) is 30.3 Å². The summed E-state index contributed by atoms with van der Waals surface area (Å²) in [5.41, 5.74) is 0. The summed E-state index contributed by atoms with van der Waals surface area (Å²) in [7, 11) is -3.76. The molecule has 0 saturated carbocycles. The third kappa shape index (κ3) is 2.55. The molecule has 0 aliphatic rings. The summed E-state index contributed by atoms with van der Waals surface area (Å²) in [4.78, 5) is 0. The molecule has 1 aromatic carbocycles. The number of thiophene rings is 1. The summed E-state index contributed by atoms with van der Waals surface area (Å²) in [6.07, 6.45) is 0. The minimum absolute atomic E-state index is 0.0985. The Hall–Kier alpha value is -1.04. The summed E-state index contributed by atoms with van der Waals surface area (Å²) in [5.74, 6) is 0.284. The molecule has 0 spiro atoms. The van der Waals surface area contributed by atoms with Crippen LogP contribution in [0, 0.1) is 0 Å². The summed E-state index contributed by atoms with van der Waals surface area (Å²) < 4.78 is 28.9. The fraction of sp³-hybridized carbons (Fsp3) is 0. The minimum atomic E-state index is -3.76. The quantitative estimate of drug-likeness (QED) is 0.808. The Labute approximate surface area is 102 Å². The van der Waals surface area contributed by atoms with Gasteiger partial charge in [-0.25, -0.2) is 0 Å². The highest BCUT2D eigenvalue weighted by Crippen LogP contribution is 2.27. The summed E-state index contributed by atoms with van der Waals surface area (Å²) in [6, 6.07) is 11.3. The standard InChI is InChI=1S/C10H7ClO3S2/c11-9-6-7-10(15-9)16(12,13)14-8-4-2-1-3-5-8/h1-7H. The van der Waals surface area contributed by atoms with Crippen molar-refractivity contribution in [3.05, 3.63) is 46.8 Å². The van der Waals surface area contributed by atoms with E-state index in [0.717, 1.165) is 11.3 Å². The maximum absolute atomic E-state index is 11.7. The normalized spacial score (nSPS) is 11.3. The van der Waals surface area contributed by atoms with Crippen molar-refractivity contribution >= 4 is 33.1 Å². The van der Waals surface area contributed by atoms with Crippen LogP contribution in [0.3, 0.4) is 0 Å². The van der Waals surface area contributed by atoms with E-state index in [-0.39, 0.29) is 9.96 Å². The Balaban J connectivity index is 2.28. The molecule has 1 heterocycles. The topological polar surface area (TPSA) is 43.4 Å². The maximum Gasteiger partial charge on any atom is 0.348 e.